The second kappa shape index (κ2) is 14.7. The molecule has 0 N–H and O–H groups in total. The summed E-state index contributed by atoms with van der Waals surface area (Å²) in [5.74, 6) is 0. The van der Waals surface area contributed by atoms with Gasteiger partial charge in [-0.05, 0) is 101 Å². The first-order chi connectivity index (χ1) is 23.7. The molecule has 1 atom stereocenters. The SMILES string of the molecule is C=c1cccc/c1=C(/C=C\c1ccc(N(c2ccccc2)c2ccccc2)cc1)c1ccc(N(C2=CCCC=C2)C2C=CC=CC2)cc1. The Kier molecular flexibility index (Phi) is 9.43. The fraction of sp³-hybridized carbons (Fsp3) is 0.0870. The Morgan fingerprint density at radius 1 is 0.625 bits per heavy atom. The van der Waals surface area contributed by atoms with E-state index in [1.807, 2.05) is 0 Å². The minimum absolute atomic E-state index is 0.293. The topological polar surface area (TPSA) is 6.48 Å². The van der Waals surface area contributed by atoms with Crippen LogP contribution < -0.4 is 20.2 Å². The molecule has 0 saturated heterocycles. The minimum atomic E-state index is 0.293. The van der Waals surface area contributed by atoms with E-state index >= 15 is 0 Å². The second-order valence-corrected chi connectivity index (χ2v) is 12.1. The third kappa shape index (κ3) is 6.94. The smallest absolute Gasteiger partial charge is 0.0559 e. The lowest BCUT2D eigenvalue weighted by Gasteiger charge is -2.34. The summed E-state index contributed by atoms with van der Waals surface area (Å²) in [6.45, 7) is 4.38. The average molecular weight is 621 g/mol. The maximum Gasteiger partial charge on any atom is 0.0559 e. The number of allylic oxidation sites excluding steroid dienone is 6. The minimum Gasteiger partial charge on any atom is -0.335 e. The Morgan fingerprint density at radius 3 is 1.90 bits per heavy atom. The molecule has 5 aromatic carbocycles. The van der Waals surface area contributed by atoms with Gasteiger partial charge in [0.05, 0.1) is 6.04 Å². The van der Waals surface area contributed by atoms with Crippen molar-refractivity contribution >= 4 is 41.0 Å². The first-order valence-corrected chi connectivity index (χ1v) is 16.8. The van der Waals surface area contributed by atoms with E-state index in [4.69, 9.17) is 0 Å². The van der Waals surface area contributed by atoms with E-state index in [-0.39, 0.29) is 0 Å². The van der Waals surface area contributed by atoms with E-state index in [2.05, 4.69) is 205 Å². The number of rotatable bonds is 9. The summed E-state index contributed by atoms with van der Waals surface area (Å²) in [7, 11) is 0. The Bertz CT molecular complexity index is 2060. The summed E-state index contributed by atoms with van der Waals surface area (Å²) in [5, 5.41) is 2.14. The predicted octanol–water partition coefficient (Wildman–Crippen LogP) is 10.4. The molecule has 0 spiro atoms. The predicted molar refractivity (Wildman–Crippen MR) is 206 cm³/mol. The first-order valence-electron chi connectivity index (χ1n) is 16.8. The normalized spacial score (nSPS) is 16.1. The van der Waals surface area contributed by atoms with Crippen molar-refractivity contribution < 1.29 is 0 Å². The number of anilines is 4. The van der Waals surface area contributed by atoms with Crippen LogP contribution in [0.25, 0.3) is 18.2 Å². The lowest BCUT2D eigenvalue weighted by Crippen LogP contribution is -2.33. The molecule has 0 radical (unpaired) electrons. The molecular weight excluding hydrogens is 581 g/mol. The molecule has 0 heterocycles. The molecule has 2 aliphatic carbocycles. The lowest BCUT2D eigenvalue weighted by molar-refractivity contribution is 0.755. The zero-order chi connectivity index (χ0) is 32.5. The van der Waals surface area contributed by atoms with Crippen LogP contribution in [0.3, 0.4) is 0 Å². The van der Waals surface area contributed by atoms with Crippen molar-refractivity contribution in [2.24, 2.45) is 0 Å². The third-order valence-electron chi connectivity index (χ3n) is 8.93. The molecular formula is C46H40N2. The summed E-state index contributed by atoms with van der Waals surface area (Å²) in [6, 6.07) is 47.5. The standard InChI is InChI=1S/C46H40N2/c1-36-16-14-15-25-45(36)46(38-29-33-44(34-30-38)48(41-21-10-4-11-22-41)42-23-12-5-13-24-42)35-28-37-26-31-43(32-27-37)47(39-17-6-2-7-18-39)40-19-8-3-9-20-40/h2-4,6-12,14-21,23-35,41H,1,5,13,22H2/b35-28-,46-45+. The van der Waals surface area contributed by atoms with Gasteiger partial charge in [0.1, 0.15) is 0 Å². The van der Waals surface area contributed by atoms with Gasteiger partial charge in [0.2, 0.25) is 0 Å². The van der Waals surface area contributed by atoms with Crippen LogP contribution in [-0.4, -0.2) is 6.04 Å². The van der Waals surface area contributed by atoms with Gasteiger partial charge < -0.3 is 9.80 Å². The molecule has 0 amide bonds. The Hall–Kier alpha value is -5.86. The van der Waals surface area contributed by atoms with Crippen LogP contribution in [0, 0.1) is 0 Å². The molecule has 1 unspecified atom stereocenters. The molecule has 0 fully saturated rings. The van der Waals surface area contributed by atoms with E-state index < -0.39 is 0 Å². The zero-order valence-corrected chi connectivity index (χ0v) is 27.2. The Morgan fingerprint density at radius 2 is 1.27 bits per heavy atom. The lowest BCUT2D eigenvalue weighted by atomic mass is 9.98. The van der Waals surface area contributed by atoms with Crippen LogP contribution in [0.5, 0.6) is 0 Å². The van der Waals surface area contributed by atoms with E-state index in [0.717, 1.165) is 63.5 Å². The summed E-state index contributed by atoms with van der Waals surface area (Å²) in [4.78, 5) is 4.76. The van der Waals surface area contributed by atoms with E-state index in [1.165, 1.54) is 11.4 Å². The van der Waals surface area contributed by atoms with Gasteiger partial charge in [-0.2, -0.15) is 0 Å². The van der Waals surface area contributed by atoms with Crippen LogP contribution in [-0.2, 0) is 0 Å². The number of nitrogens with zero attached hydrogens (tertiary/aromatic N) is 2. The summed E-state index contributed by atoms with van der Waals surface area (Å²) < 4.78 is 0. The largest absolute Gasteiger partial charge is 0.335 e. The Balaban J connectivity index is 1.21. The summed E-state index contributed by atoms with van der Waals surface area (Å²) >= 11 is 0. The van der Waals surface area contributed by atoms with Gasteiger partial charge in [0.15, 0.2) is 0 Å². The van der Waals surface area contributed by atoms with E-state index in [0.29, 0.717) is 6.04 Å². The highest BCUT2D eigenvalue weighted by Gasteiger charge is 2.20. The zero-order valence-electron chi connectivity index (χ0n) is 27.2. The van der Waals surface area contributed by atoms with Crippen LogP contribution in [0.15, 0.2) is 188 Å². The number of para-hydroxylation sites is 2. The molecule has 0 bridgehead atoms. The number of benzene rings is 5. The molecule has 2 heteroatoms. The van der Waals surface area contributed by atoms with E-state index in [9.17, 15) is 0 Å². The fourth-order valence-electron chi connectivity index (χ4n) is 6.51. The highest BCUT2D eigenvalue weighted by molar-refractivity contribution is 5.81. The van der Waals surface area contributed by atoms with Crippen molar-refractivity contribution in [3.05, 3.63) is 209 Å². The van der Waals surface area contributed by atoms with Gasteiger partial charge >= 0.3 is 0 Å². The van der Waals surface area contributed by atoms with Gasteiger partial charge in [-0.25, -0.2) is 0 Å². The van der Waals surface area contributed by atoms with Crippen molar-refractivity contribution in [1.82, 2.24) is 0 Å². The monoisotopic (exact) mass is 620 g/mol. The van der Waals surface area contributed by atoms with Crippen molar-refractivity contribution in [2.75, 3.05) is 9.80 Å². The van der Waals surface area contributed by atoms with Crippen molar-refractivity contribution in [3.8, 4) is 0 Å². The second-order valence-electron chi connectivity index (χ2n) is 12.1. The quantitative estimate of drug-likeness (QED) is 0.162. The van der Waals surface area contributed by atoms with Gasteiger partial charge in [0.25, 0.3) is 0 Å². The maximum atomic E-state index is 4.38. The molecule has 2 nitrogen and oxygen atoms in total. The molecule has 48 heavy (non-hydrogen) atoms. The summed E-state index contributed by atoms with van der Waals surface area (Å²) in [6.07, 6.45) is 23.4. The van der Waals surface area contributed by atoms with Crippen molar-refractivity contribution in [2.45, 2.75) is 25.3 Å². The van der Waals surface area contributed by atoms with Crippen LogP contribution >= 0.6 is 0 Å². The van der Waals surface area contributed by atoms with E-state index in [1.54, 1.807) is 0 Å². The van der Waals surface area contributed by atoms with Crippen LogP contribution in [0.4, 0.5) is 22.7 Å². The van der Waals surface area contributed by atoms with Crippen LogP contribution in [0.1, 0.15) is 30.4 Å². The van der Waals surface area contributed by atoms with Crippen LogP contribution in [0.2, 0.25) is 0 Å². The molecule has 0 aromatic heterocycles. The molecule has 0 saturated carbocycles. The fourth-order valence-corrected chi connectivity index (χ4v) is 6.51. The highest BCUT2D eigenvalue weighted by Crippen LogP contribution is 2.34. The highest BCUT2D eigenvalue weighted by atomic mass is 15.2. The average Bonchev–Trinajstić information content (AvgIpc) is 3.16. The third-order valence-corrected chi connectivity index (χ3v) is 8.93. The summed E-state index contributed by atoms with van der Waals surface area (Å²) in [5.41, 5.74) is 9.28. The number of hydrogen-bond donors (Lipinski definition) is 0. The molecule has 5 aromatic rings. The van der Waals surface area contributed by atoms with Gasteiger partial charge in [0, 0.05) is 28.4 Å². The van der Waals surface area contributed by atoms with Crippen molar-refractivity contribution in [1.29, 1.82) is 0 Å². The number of hydrogen-bond acceptors (Lipinski definition) is 2. The molecule has 0 aliphatic heterocycles. The van der Waals surface area contributed by atoms with Gasteiger partial charge in [-0.3, -0.25) is 0 Å². The molecule has 7 rings (SSSR count). The molecule has 2 aliphatic rings. The van der Waals surface area contributed by atoms with Crippen molar-refractivity contribution in [3.63, 3.8) is 0 Å². The molecule has 234 valence electrons. The van der Waals surface area contributed by atoms with Gasteiger partial charge in [-0.1, -0.05) is 140 Å². The maximum absolute atomic E-state index is 4.38. The van der Waals surface area contributed by atoms with Gasteiger partial charge in [-0.15, -0.1) is 0 Å². The first kappa shape index (κ1) is 30.8. The Labute approximate surface area is 284 Å².